The van der Waals surface area contributed by atoms with Gasteiger partial charge in [-0.25, -0.2) is 9.13 Å². The van der Waals surface area contributed by atoms with Crippen LogP contribution < -0.4 is 0 Å². The molecule has 666 valence electrons. The van der Waals surface area contributed by atoms with Gasteiger partial charge in [0, 0.05) is 25.7 Å². The molecule has 0 aliphatic rings. The lowest BCUT2D eigenvalue weighted by Gasteiger charge is -2.21. The highest BCUT2D eigenvalue weighted by atomic mass is 31.2. The van der Waals surface area contributed by atoms with Crippen molar-refractivity contribution in [2.24, 2.45) is 11.8 Å². The number of hydrogen-bond donors (Lipinski definition) is 3. The lowest BCUT2D eigenvalue weighted by Crippen LogP contribution is -2.30. The third-order valence-corrected chi connectivity index (χ3v) is 24.2. The van der Waals surface area contributed by atoms with E-state index in [0.717, 1.165) is 102 Å². The second-order valence-corrected chi connectivity index (χ2v) is 37.0. The Morgan fingerprint density at radius 3 is 0.679 bits per heavy atom. The first kappa shape index (κ1) is 110. The molecule has 0 fully saturated rings. The number of hydrogen-bond acceptors (Lipinski definition) is 15. The van der Waals surface area contributed by atoms with Crippen LogP contribution in [0, 0.1) is 11.8 Å². The summed E-state index contributed by atoms with van der Waals surface area (Å²) in [6.07, 6.45) is 79.6. The van der Waals surface area contributed by atoms with Gasteiger partial charge >= 0.3 is 39.5 Å². The largest absolute Gasteiger partial charge is 0.472 e. The number of aliphatic hydroxyl groups excluding tert-OH is 1. The molecule has 0 saturated heterocycles. The van der Waals surface area contributed by atoms with E-state index in [1.807, 2.05) is 0 Å². The zero-order valence-corrected chi connectivity index (χ0v) is 75.8. The van der Waals surface area contributed by atoms with Gasteiger partial charge in [-0.05, 0) is 37.5 Å². The summed E-state index contributed by atoms with van der Waals surface area (Å²) in [4.78, 5) is 73.4. The first-order chi connectivity index (χ1) is 54.4. The van der Waals surface area contributed by atoms with Gasteiger partial charge in [-0.2, -0.15) is 0 Å². The fraction of sp³-hybridized carbons (Fsp3) is 0.957. The highest BCUT2D eigenvalue weighted by Crippen LogP contribution is 2.45. The minimum atomic E-state index is -4.97. The molecule has 0 radical (unpaired) electrons. The maximum Gasteiger partial charge on any atom is 0.472 e. The highest BCUT2D eigenvalue weighted by molar-refractivity contribution is 7.47. The average Bonchev–Trinajstić information content (AvgIpc) is 0.899. The normalized spacial score (nSPS) is 13.9. The standard InChI is InChI=1S/C93H182O17P2/c1-7-10-12-14-16-18-20-22-24-26-28-30-32-36-40-44-48-52-56-63-69-75-90(95)103-81-88(109-92(97)77-71-65-58-54-50-46-42-38-34-33-35-39-43-47-51-55-62-68-74-86(6)9-3)83-107-111(99,100)105-79-87(94)80-106-112(101,102)108-84-89(82-104-91(96)76-70-64-60-59-61-67-73-85(4)5)110-93(98)78-72-66-57-53-49-45-41-37-31-29-27-25-23-21-19-17-15-13-11-8-2/h85-89,94H,7-84H2,1-6H3,(H,99,100)(H,101,102)/t86?,87-,88-,89-/m1/s1. The summed E-state index contributed by atoms with van der Waals surface area (Å²) in [6.45, 7) is 9.69. The van der Waals surface area contributed by atoms with Gasteiger partial charge in [-0.1, -0.05) is 452 Å². The molecule has 0 spiro atoms. The molecule has 0 aliphatic carbocycles. The number of carbonyl (C=O) groups is 4. The average molecular weight is 1630 g/mol. The zero-order valence-electron chi connectivity index (χ0n) is 74.0. The van der Waals surface area contributed by atoms with Crippen LogP contribution >= 0.6 is 15.6 Å². The Morgan fingerprint density at radius 2 is 0.455 bits per heavy atom. The fourth-order valence-electron chi connectivity index (χ4n) is 14.6. The Morgan fingerprint density at radius 1 is 0.259 bits per heavy atom. The van der Waals surface area contributed by atoms with Gasteiger partial charge in [-0.3, -0.25) is 37.3 Å². The van der Waals surface area contributed by atoms with Gasteiger partial charge in [0.1, 0.15) is 19.3 Å². The monoisotopic (exact) mass is 1630 g/mol. The van der Waals surface area contributed by atoms with Crippen LogP contribution in [0.4, 0.5) is 0 Å². The van der Waals surface area contributed by atoms with Crippen molar-refractivity contribution in [3.63, 3.8) is 0 Å². The Labute approximate surface area is 689 Å². The third kappa shape index (κ3) is 84.5. The Kier molecular flexibility index (Phi) is 82.6. The molecule has 17 nitrogen and oxygen atoms in total. The third-order valence-electron chi connectivity index (χ3n) is 22.3. The van der Waals surface area contributed by atoms with E-state index in [-0.39, 0.29) is 25.7 Å². The summed E-state index contributed by atoms with van der Waals surface area (Å²) < 4.78 is 69.1. The minimum Gasteiger partial charge on any atom is -0.462 e. The van der Waals surface area contributed by atoms with Gasteiger partial charge in [-0.15, -0.1) is 0 Å². The van der Waals surface area contributed by atoms with Gasteiger partial charge in [0.05, 0.1) is 26.4 Å². The van der Waals surface area contributed by atoms with Crippen LogP contribution in [0.15, 0.2) is 0 Å². The van der Waals surface area contributed by atoms with Crippen molar-refractivity contribution in [2.45, 2.75) is 522 Å². The van der Waals surface area contributed by atoms with Crippen LogP contribution in [-0.2, 0) is 65.4 Å². The molecule has 0 aromatic carbocycles. The zero-order chi connectivity index (χ0) is 82.0. The van der Waals surface area contributed by atoms with E-state index in [4.69, 9.17) is 37.0 Å². The number of ether oxygens (including phenoxy) is 4. The number of carbonyl (C=O) groups excluding carboxylic acids is 4. The van der Waals surface area contributed by atoms with Crippen molar-refractivity contribution in [1.29, 1.82) is 0 Å². The molecule has 112 heavy (non-hydrogen) atoms. The van der Waals surface area contributed by atoms with Crippen molar-refractivity contribution >= 4 is 39.5 Å². The van der Waals surface area contributed by atoms with Crippen molar-refractivity contribution in [3.05, 3.63) is 0 Å². The van der Waals surface area contributed by atoms with E-state index in [0.29, 0.717) is 31.6 Å². The number of rotatable bonds is 92. The molecule has 0 rings (SSSR count). The first-order valence-corrected chi connectivity index (χ1v) is 51.0. The molecule has 0 amide bonds. The predicted molar refractivity (Wildman–Crippen MR) is 465 cm³/mol. The van der Waals surface area contributed by atoms with Gasteiger partial charge in [0.15, 0.2) is 12.2 Å². The number of esters is 4. The SMILES string of the molecule is CCCCCCCCCCCCCCCCCCCCCCCC(=O)OC[C@H](COP(=O)(O)OC[C@@H](O)COP(=O)(O)OC[C@@H](COC(=O)CCCCCCCCC(C)C)OC(=O)CCCCCCCCCCCCCCCCCCCCCC)OC(=O)CCCCCCCCCCCCCCCCCCCCC(C)CC. The quantitative estimate of drug-likeness (QED) is 0.0222. The van der Waals surface area contributed by atoms with E-state index in [1.54, 1.807) is 0 Å². The van der Waals surface area contributed by atoms with Crippen molar-refractivity contribution in [3.8, 4) is 0 Å². The van der Waals surface area contributed by atoms with Gasteiger partial charge in [0.25, 0.3) is 0 Å². The molecule has 3 unspecified atom stereocenters. The Bertz CT molecular complexity index is 2130. The summed E-state index contributed by atoms with van der Waals surface area (Å²) in [6, 6.07) is 0. The smallest absolute Gasteiger partial charge is 0.462 e. The molecule has 0 bridgehead atoms. The summed E-state index contributed by atoms with van der Waals surface area (Å²) in [5.74, 6) is -0.548. The molecule has 0 saturated carbocycles. The van der Waals surface area contributed by atoms with Crippen LogP contribution in [0.3, 0.4) is 0 Å². The number of unbranched alkanes of at least 4 members (excludes halogenated alkanes) is 61. The minimum absolute atomic E-state index is 0.108. The number of phosphoric acid groups is 2. The van der Waals surface area contributed by atoms with Crippen molar-refractivity contribution < 1.29 is 80.2 Å². The molecular weight excluding hydrogens is 1450 g/mol. The van der Waals surface area contributed by atoms with E-state index in [2.05, 4.69) is 41.5 Å². The summed E-state index contributed by atoms with van der Waals surface area (Å²) in [5, 5.41) is 10.7. The second-order valence-electron chi connectivity index (χ2n) is 34.1. The highest BCUT2D eigenvalue weighted by Gasteiger charge is 2.31. The molecule has 6 atom stereocenters. The van der Waals surface area contributed by atoms with E-state index < -0.39 is 97.5 Å². The first-order valence-electron chi connectivity index (χ1n) is 48.0. The van der Waals surface area contributed by atoms with Crippen LogP contribution in [-0.4, -0.2) is 96.7 Å². The van der Waals surface area contributed by atoms with Gasteiger partial charge in [0.2, 0.25) is 0 Å². The fourth-order valence-corrected chi connectivity index (χ4v) is 16.2. The van der Waals surface area contributed by atoms with Crippen LogP contribution in [0.5, 0.6) is 0 Å². The van der Waals surface area contributed by atoms with Gasteiger partial charge < -0.3 is 33.8 Å². The number of phosphoric ester groups is 2. The van der Waals surface area contributed by atoms with Crippen LogP contribution in [0.2, 0.25) is 0 Å². The van der Waals surface area contributed by atoms with E-state index in [1.165, 1.54) is 315 Å². The van der Waals surface area contributed by atoms with Crippen LogP contribution in [0.1, 0.15) is 504 Å². The molecule has 0 aliphatic heterocycles. The maximum atomic E-state index is 13.2. The molecule has 19 heteroatoms. The second kappa shape index (κ2) is 84.1. The Hall–Kier alpha value is -1.94. The predicted octanol–water partition coefficient (Wildman–Crippen LogP) is 29.0. The molecular formula is C93H182O17P2. The topological polar surface area (TPSA) is 237 Å². The lowest BCUT2D eigenvalue weighted by molar-refractivity contribution is -0.161. The number of aliphatic hydroxyl groups is 1. The van der Waals surface area contributed by atoms with E-state index >= 15 is 0 Å². The molecule has 3 N–H and O–H groups in total. The lowest BCUT2D eigenvalue weighted by atomic mass is 9.99. The van der Waals surface area contributed by atoms with Crippen molar-refractivity contribution in [1.82, 2.24) is 0 Å². The van der Waals surface area contributed by atoms with E-state index in [9.17, 15) is 43.2 Å². The summed E-state index contributed by atoms with van der Waals surface area (Å²) in [7, 11) is -9.94. The van der Waals surface area contributed by atoms with Crippen molar-refractivity contribution in [2.75, 3.05) is 39.6 Å². The molecule has 0 heterocycles. The van der Waals surface area contributed by atoms with Crippen LogP contribution in [0.25, 0.3) is 0 Å². The maximum absolute atomic E-state index is 13.2. The molecule has 0 aromatic heterocycles. The molecule has 0 aromatic rings. The Balaban J connectivity index is 5.19. The summed E-state index contributed by atoms with van der Waals surface area (Å²) >= 11 is 0. The summed E-state index contributed by atoms with van der Waals surface area (Å²) in [5.41, 5.74) is 0.